The molecule has 0 bridgehead atoms. The van der Waals surface area contributed by atoms with E-state index in [-0.39, 0.29) is 0 Å². The molecule has 0 spiro atoms. The lowest BCUT2D eigenvalue weighted by molar-refractivity contribution is 0.346. The summed E-state index contributed by atoms with van der Waals surface area (Å²) in [5, 5.41) is 1.12. The number of likely N-dealkylation sites (tertiary alicyclic amines) is 1. The third-order valence-electron chi connectivity index (χ3n) is 3.56. The van der Waals surface area contributed by atoms with Crippen molar-refractivity contribution < 1.29 is 0 Å². The molecule has 2 heterocycles. The summed E-state index contributed by atoms with van der Waals surface area (Å²) in [4.78, 5) is 10.7. The van der Waals surface area contributed by atoms with Gasteiger partial charge in [-0.15, -0.1) is 11.3 Å². The van der Waals surface area contributed by atoms with Crippen molar-refractivity contribution in [3.8, 4) is 0 Å². The van der Waals surface area contributed by atoms with Gasteiger partial charge in [-0.05, 0) is 32.4 Å². The average Bonchev–Trinajstić information content (AvgIpc) is 3.04. The van der Waals surface area contributed by atoms with Crippen molar-refractivity contribution in [2.45, 2.75) is 32.7 Å². The molecule has 0 unspecified atom stereocenters. The second-order valence-corrected chi connectivity index (χ2v) is 5.96. The first-order chi connectivity index (χ1) is 8.74. The van der Waals surface area contributed by atoms with E-state index in [2.05, 4.69) is 23.8 Å². The summed E-state index contributed by atoms with van der Waals surface area (Å²) in [6, 6.07) is 0. The first-order valence-electron chi connectivity index (χ1n) is 6.86. The van der Waals surface area contributed by atoms with E-state index < -0.39 is 0 Å². The Morgan fingerprint density at radius 2 is 2.11 bits per heavy atom. The van der Waals surface area contributed by atoms with E-state index in [1.807, 2.05) is 0 Å². The minimum Gasteiger partial charge on any atom is -0.350 e. The van der Waals surface area contributed by atoms with Gasteiger partial charge in [0.1, 0.15) is 0 Å². The molecule has 5 heteroatoms. The third kappa shape index (κ3) is 3.22. The number of hydrogen-bond acceptors (Lipinski definition) is 5. The van der Waals surface area contributed by atoms with Crippen LogP contribution in [0.4, 0.5) is 5.13 Å². The van der Waals surface area contributed by atoms with Crippen LogP contribution in [-0.4, -0.2) is 43.1 Å². The predicted molar refractivity (Wildman–Crippen MR) is 78.3 cm³/mol. The number of aromatic nitrogens is 1. The van der Waals surface area contributed by atoms with Gasteiger partial charge in [0.2, 0.25) is 0 Å². The van der Waals surface area contributed by atoms with Crippen LogP contribution in [0.25, 0.3) is 0 Å². The second-order valence-electron chi connectivity index (χ2n) is 4.89. The molecule has 102 valence electrons. The van der Waals surface area contributed by atoms with Crippen molar-refractivity contribution in [2.24, 2.45) is 5.73 Å². The standard InChI is InChI=1S/C13H24N4S/c1-3-11-12(10-14)18-13(15-11)16(2)8-9-17-6-4-5-7-17/h3-10,14H2,1-2H3. The predicted octanol–water partition coefficient (Wildman–Crippen LogP) is 1.70. The van der Waals surface area contributed by atoms with Gasteiger partial charge >= 0.3 is 0 Å². The summed E-state index contributed by atoms with van der Waals surface area (Å²) >= 11 is 1.75. The molecule has 1 saturated heterocycles. The zero-order valence-electron chi connectivity index (χ0n) is 11.5. The van der Waals surface area contributed by atoms with Crippen molar-refractivity contribution in [1.29, 1.82) is 0 Å². The Morgan fingerprint density at radius 1 is 1.39 bits per heavy atom. The van der Waals surface area contributed by atoms with E-state index >= 15 is 0 Å². The fourth-order valence-electron chi connectivity index (χ4n) is 2.36. The SMILES string of the molecule is CCc1nc(N(C)CCN2CCCC2)sc1CN. The van der Waals surface area contributed by atoms with Crippen LogP contribution in [0.3, 0.4) is 0 Å². The Hall–Kier alpha value is -0.650. The molecule has 1 aliphatic heterocycles. The van der Waals surface area contributed by atoms with Gasteiger partial charge in [0.25, 0.3) is 0 Å². The Bertz CT molecular complexity index is 350. The number of aryl methyl sites for hydroxylation is 1. The molecule has 0 saturated carbocycles. The van der Waals surface area contributed by atoms with Crippen molar-refractivity contribution in [1.82, 2.24) is 9.88 Å². The van der Waals surface area contributed by atoms with Gasteiger partial charge in [0.05, 0.1) is 5.69 Å². The van der Waals surface area contributed by atoms with Gasteiger partial charge in [-0.3, -0.25) is 0 Å². The van der Waals surface area contributed by atoms with E-state index in [0.717, 1.165) is 24.6 Å². The van der Waals surface area contributed by atoms with Gasteiger partial charge in [-0.1, -0.05) is 6.92 Å². The molecule has 18 heavy (non-hydrogen) atoms. The van der Waals surface area contributed by atoms with Gasteiger partial charge in [-0.2, -0.15) is 0 Å². The first kappa shape index (κ1) is 13.8. The maximum Gasteiger partial charge on any atom is 0.185 e. The fraction of sp³-hybridized carbons (Fsp3) is 0.769. The van der Waals surface area contributed by atoms with Crippen molar-refractivity contribution in [3.05, 3.63) is 10.6 Å². The quantitative estimate of drug-likeness (QED) is 0.853. The van der Waals surface area contributed by atoms with E-state index in [4.69, 9.17) is 10.7 Å². The van der Waals surface area contributed by atoms with Gasteiger partial charge in [0, 0.05) is 31.6 Å². The zero-order valence-corrected chi connectivity index (χ0v) is 12.3. The summed E-state index contributed by atoms with van der Waals surface area (Å²) in [5.74, 6) is 0. The number of anilines is 1. The Kier molecular flexibility index (Phi) is 4.97. The highest BCUT2D eigenvalue weighted by molar-refractivity contribution is 7.15. The van der Waals surface area contributed by atoms with Crippen LogP contribution >= 0.6 is 11.3 Å². The Morgan fingerprint density at radius 3 is 2.67 bits per heavy atom. The third-order valence-corrected chi connectivity index (χ3v) is 4.80. The Balaban J connectivity index is 1.90. The molecule has 0 atom stereocenters. The van der Waals surface area contributed by atoms with E-state index in [9.17, 15) is 0 Å². The van der Waals surface area contributed by atoms with Crippen LogP contribution in [-0.2, 0) is 13.0 Å². The topological polar surface area (TPSA) is 45.4 Å². The Labute approximate surface area is 114 Å². The zero-order chi connectivity index (χ0) is 13.0. The summed E-state index contributed by atoms with van der Waals surface area (Å²) in [5.41, 5.74) is 6.93. The molecular formula is C13H24N4S. The number of rotatable bonds is 6. The number of hydrogen-bond donors (Lipinski definition) is 1. The van der Waals surface area contributed by atoms with Crippen molar-refractivity contribution in [2.75, 3.05) is 38.1 Å². The average molecular weight is 268 g/mol. The highest BCUT2D eigenvalue weighted by Gasteiger charge is 2.15. The molecule has 4 nitrogen and oxygen atoms in total. The molecule has 0 amide bonds. The van der Waals surface area contributed by atoms with Crippen LogP contribution in [0.2, 0.25) is 0 Å². The molecule has 0 aliphatic carbocycles. The first-order valence-corrected chi connectivity index (χ1v) is 7.68. The maximum absolute atomic E-state index is 5.76. The molecule has 1 aliphatic rings. The van der Waals surface area contributed by atoms with E-state index in [1.54, 1.807) is 11.3 Å². The highest BCUT2D eigenvalue weighted by Crippen LogP contribution is 2.25. The lowest BCUT2D eigenvalue weighted by Gasteiger charge is -2.20. The molecule has 2 N–H and O–H groups in total. The molecule has 2 rings (SSSR count). The number of nitrogens with zero attached hydrogens (tertiary/aromatic N) is 3. The number of likely N-dealkylation sites (N-methyl/N-ethyl adjacent to an activating group) is 1. The van der Waals surface area contributed by atoms with Crippen LogP contribution in [0.5, 0.6) is 0 Å². The van der Waals surface area contributed by atoms with Crippen LogP contribution < -0.4 is 10.6 Å². The second kappa shape index (κ2) is 6.50. The largest absolute Gasteiger partial charge is 0.350 e. The highest BCUT2D eigenvalue weighted by atomic mass is 32.1. The molecule has 0 aromatic carbocycles. The smallest absolute Gasteiger partial charge is 0.185 e. The molecule has 1 aromatic heterocycles. The minimum atomic E-state index is 0.612. The van der Waals surface area contributed by atoms with Gasteiger partial charge in [-0.25, -0.2) is 4.98 Å². The minimum absolute atomic E-state index is 0.612. The van der Waals surface area contributed by atoms with Crippen LogP contribution in [0, 0.1) is 0 Å². The fourth-order valence-corrected chi connectivity index (χ4v) is 3.38. The van der Waals surface area contributed by atoms with Gasteiger partial charge < -0.3 is 15.5 Å². The lowest BCUT2D eigenvalue weighted by Crippen LogP contribution is -2.31. The molecule has 1 aromatic rings. The molecule has 1 fully saturated rings. The summed E-state index contributed by atoms with van der Waals surface area (Å²) in [6.07, 6.45) is 3.69. The molecular weight excluding hydrogens is 244 g/mol. The lowest BCUT2D eigenvalue weighted by atomic mass is 10.3. The normalized spacial score (nSPS) is 16.4. The summed E-state index contributed by atoms with van der Waals surface area (Å²) in [7, 11) is 2.13. The number of nitrogens with two attached hydrogens (primary N) is 1. The van der Waals surface area contributed by atoms with Crippen LogP contribution in [0.1, 0.15) is 30.3 Å². The summed E-state index contributed by atoms with van der Waals surface area (Å²) in [6.45, 7) is 7.49. The van der Waals surface area contributed by atoms with E-state index in [1.165, 1.54) is 36.5 Å². The van der Waals surface area contributed by atoms with Crippen molar-refractivity contribution >= 4 is 16.5 Å². The number of thiazole rings is 1. The van der Waals surface area contributed by atoms with Crippen LogP contribution in [0.15, 0.2) is 0 Å². The molecule has 0 radical (unpaired) electrons. The van der Waals surface area contributed by atoms with Gasteiger partial charge in [0.15, 0.2) is 5.13 Å². The maximum atomic E-state index is 5.76. The monoisotopic (exact) mass is 268 g/mol. The van der Waals surface area contributed by atoms with E-state index in [0.29, 0.717) is 6.54 Å². The van der Waals surface area contributed by atoms with Crippen molar-refractivity contribution in [3.63, 3.8) is 0 Å². The summed E-state index contributed by atoms with van der Waals surface area (Å²) < 4.78 is 0.